The van der Waals surface area contributed by atoms with Gasteiger partial charge in [0.15, 0.2) is 5.82 Å². The number of hydroxylamine groups is 1. The lowest BCUT2D eigenvalue weighted by molar-refractivity contribution is 0.0769. The van der Waals surface area contributed by atoms with Gasteiger partial charge >= 0.3 is 0 Å². The fraction of sp³-hybridized carbons (Fsp3) is 0.207. The molecule has 1 aliphatic rings. The smallest absolute Gasteiger partial charge is 0.283 e. The van der Waals surface area contributed by atoms with Gasteiger partial charge in [0.05, 0.1) is 18.3 Å². The normalized spacial score (nSPS) is 13.2. The van der Waals surface area contributed by atoms with Crippen molar-refractivity contribution in [2.75, 3.05) is 48.6 Å². The molecule has 1 aliphatic heterocycles. The number of aromatic nitrogens is 1. The molecule has 0 spiro atoms. The van der Waals surface area contributed by atoms with Crippen LogP contribution in [0.3, 0.4) is 0 Å². The average Bonchev–Trinajstić information content (AvgIpc) is 2.97. The molecular formula is C29H28N6O2. The Kier molecular flexibility index (Phi) is 7.26. The van der Waals surface area contributed by atoms with Crippen LogP contribution in [0.1, 0.15) is 21.5 Å². The van der Waals surface area contributed by atoms with E-state index in [-0.39, 0.29) is 11.4 Å². The zero-order valence-corrected chi connectivity index (χ0v) is 20.6. The van der Waals surface area contributed by atoms with Gasteiger partial charge in [-0.1, -0.05) is 48.5 Å². The molecule has 186 valence electrons. The molecule has 8 nitrogen and oxygen atoms in total. The molecule has 4 aromatic rings. The molecule has 0 aliphatic carbocycles. The minimum Gasteiger partial charge on any atom is -0.379 e. The van der Waals surface area contributed by atoms with Gasteiger partial charge in [0, 0.05) is 49.4 Å². The largest absolute Gasteiger partial charge is 0.379 e. The standard InChI is InChI=1S/C29H28N6O2/c1-37-35(29(36)22-10-6-3-7-11-22)28-25(19-30)27(32-20-21-8-4-2-5-9-21)24-18-23(12-13-26(24)33-28)34-16-14-31-15-17-34/h2-13,18,31H,14-17,20H2,1H3,(H,32,33). The highest BCUT2D eigenvalue weighted by Gasteiger charge is 2.26. The maximum Gasteiger partial charge on any atom is 0.283 e. The molecule has 5 rings (SSSR count). The van der Waals surface area contributed by atoms with Crippen molar-refractivity contribution in [1.29, 1.82) is 5.26 Å². The van der Waals surface area contributed by atoms with Gasteiger partial charge in [-0.15, -0.1) is 0 Å². The predicted octanol–water partition coefficient (Wildman–Crippen LogP) is 4.34. The Morgan fingerprint density at radius 2 is 1.78 bits per heavy atom. The van der Waals surface area contributed by atoms with E-state index in [0.717, 1.165) is 47.9 Å². The SMILES string of the molecule is CON(C(=O)c1ccccc1)c1nc2ccc(N3CCNCC3)cc2c(NCc2ccccc2)c1C#N. The number of amides is 1. The summed E-state index contributed by atoms with van der Waals surface area (Å²) >= 11 is 0. The number of nitriles is 1. The van der Waals surface area contributed by atoms with Crippen molar-refractivity contribution in [3.63, 3.8) is 0 Å². The van der Waals surface area contributed by atoms with E-state index in [2.05, 4.69) is 27.7 Å². The number of nitrogens with zero attached hydrogens (tertiary/aromatic N) is 4. The van der Waals surface area contributed by atoms with E-state index >= 15 is 0 Å². The van der Waals surface area contributed by atoms with Crippen LogP contribution in [0.2, 0.25) is 0 Å². The molecule has 0 saturated carbocycles. The van der Waals surface area contributed by atoms with Crippen molar-refractivity contribution in [3.05, 3.63) is 95.6 Å². The van der Waals surface area contributed by atoms with Crippen molar-refractivity contribution >= 4 is 34.0 Å². The van der Waals surface area contributed by atoms with Gasteiger partial charge in [0.1, 0.15) is 11.6 Å². The first-order chi connectivity index (χ1) is 18.2. The van der Waals surface area contributed by atoms with Crippen LogP contribution in [-0.4, -0.2) is 44.2 Å². The van der Waals surface area contributed by atoms with E-state index in [0.29, 0.717) is 23.3 Å². The summed E-state index contributed by atoms with van der Waals surface area (Å²) in [5.74, 6) is -0.255. The quantitative estimate of drug-likeness (QED) is 0.371. The minimum absolute atomic E-state index is 0.150. The van der Waals surface area contributed by atoms with Gasteiger partial charge in [0.25, 0.3) is 5.91 Å². The van der Waals surface area contributed by atoms with E-state index < -0.39 is 5.91 Å². The second-order valence-electron chi connectivity index (χ2n) is 8.72. The first kappa shape index (κ1) is 24.3. The number of piperazine rings is 1. The molecule has 37 heavy (non-hydrogen) atoms. The first-order valence-corrected chi connectivity index (χ1v) is 12.2. The third-order valence-electron chi connectivity index (χ3n) is 6.44. The number of carbonyl (C=O) groups excluding carboxylic acids is 1. The number of pyridine rings is 1. The zero-order valence-electron chi connectivity index (χ0n) is 20.6. The van der Waals surface area contributed by atoms with Crippen LogP contribution in [0.4, 0.5) is 17.2 Å². The van der Waals surface area contributed by atoms with E-state index in [1.807, 2.05) is 48.5 Å². The van der Waals surface area contributed by atoms with E-state index in [1.54, 1.807) is 24.3 Å². The monoisotopic (exact) mass is 492 g/mol. The van der Waals surface area contributed by atoms with E-state index in [1.165, 1.54) is 7.11 Å². The number of hydrogen-bond acceptors (Lipinski definition) is 7. The Morgan fingerprint density at radius 3 is 2.46 bits per heavy atom. The van der Waals surface area contributed by atoms with E-state index in [9.17, 15) is 10.1 Å². The molecule has 1 aromatic heterocycles. The minimum atomic E-state index is -0.405. The van der Waals surface area contributed by atoms with Crippen LogP contribution in [0, 0.1) is 11.3 Å². The van der Waals surface area contributed by atoms with Crippen LogP contribution in [0.25, 0.3) is 10.9 Å². The number of carbonyl (C=O) groups is 1. The van der Waals surface area contributed by atoms with Crippen molar-refractivity contribution in [3.8, 4) is 6.07 Å². The Bertz CT molecular complexity index is 1430. The molecule has 2 heterocycles. The van der Waals surface area contributed by atoms with Crippen LogP contribution in [0.15, 0.2) is 78.9 Å². The van der Waals surface area contributed by atoms with Crippen LogP contribution >= 0.6 is 0 Å². The summed E-state index contributed by atoms with van der Waals surface area (Å²) in [6, 6.07) is 27.1. The summed E-state index contributed by atoms with van der Waals surface area (Å²) < 4.78 is 0. The van der Waals surface area contributed by atoms with Crippen molar-refractivity contribution in [1.82, 2.24) is 10.3 Å². The average molecular weight is 493 g/mol. The number of nitrogens with one attached hydrogen (secondary N) is 2. The second-order valence-corrected chi connectivity index (χ2v) is 8.72. The Morgan fingerprint density at radius 1 is 1.08 bits per heavy atom. The lowest BCUT2D eigenvalue weighted by Crippen LogP contribution is -2.43. The van der Waals surface area contributed by atoms with Gasteiger partial charge in [-0.25, -0.2) is 4.98 Å². The van der Waals surface area contributed by atoms with Gasteiger partial charge < -0.3 is 15.5 Å². The molecule has 1 fully saturated rings. The second kappa shape index (κ2) is 11.1. The van der Waals surface area contributed by atoms with Crippen LogP contribution in [-0.2, 0) is 11.4 Å². The maximum absolute atomic E-state index is 13.4. The Hall–Kier alpha value is -4.45. The molecule has 3 aromatic carbocycles. The predicted molar refractivity (Wildman–Crippen MR) is 146 cm³/mol. The molecule has 0 atom stereocenters. The molecule has 1 saturated heterocycles. The molecule has 2 N–H and O–H groups in total. The summed E-state index contributed by atoms with van der Waals surface area (Å²) in [5, 5.41) is 19.1. The summed E-state index contributed by atoms with van der Waals surface area (Å²) in [6.07, 6.45) is 0. The van der Waals surface area contributed by atoms with Gasteiger partial charge in [0.2, 0.25) is 0 Å². The summed E-state index contributed by atoms with van der Waals surface area (Å²) in [6.45, 7) is 4.14. The highest BCUT2D eigenvalue weighted by molar-refractivity contribution is 6.07. The third-order valence-corrected chi connectivity index (χ3v) is 6.44. The van der Waals surface area contributed by atoms with Crippen molar-refractivity contribution in [2.45, 2.75) is 6.54 Å². The lowest BCUT2D eigenvalue weighted by Gasteiger charge is -2.30. The van der Waals surface area contributed by atoms with Gasteiger partial charge in [-0.05, 0) is 35.9 Å². The summed E-state index contributed by atoms with van der Waals surface area (Å²) in [5.41, 5.74) is 4.09. The maximum atomic E-state index is 13.4. The number of anilines is 3. The molecule has 0 bridgehead atoms. The van der Waals surface area contributed by atoms with Crippen LogP contribution in [0.5, 0.6) is 0 Å². The molecule has 1 amide bonds. The topological polar surface area (TPSA) is 93.5 Å². The Balaban J connectivity index is 1.64. The Labute approximate surface area is 216 Å². The van der Waals surface area contributed by atoms with Crippen molar-refractivity contribution < 1.29 is 9.63 Å². The highest BCUT2D eigenvalue weighted by Crippen LogP contribution is 2.36. The first-order valence-electron chi connectivity index (χ1n) is 12.2. The van der Waals surface area contributed by atoms with Crippen LogP contribution < -0.4 is 20.6 Å². The number of benzene rings is 3. The van der Waals surface area contributed by atoms with E-state index in [4.69, 9.17) is 9.82 Å². The zero-order chi connectivity index (χ0) is 25.6. The molecule has 8 heteroatoms. The van der Waals surface area contributed by atoms with Crippen molar-refractivity contribution in [2.24, 2.45) is 0 Å². The number of hydrogen-bond donors (Lipinski definition) is 2. The molecular weight excluding hydrogens is 464 g/mol. The lowest BCUT2D eigenvalue weighted by atomic mass is 10.1. The number of fused-ring (bicyclic) bond motifs is 1. The van der Waals surface area contributed by atoms with Gasteiger partial charge in [-0.3, -0.25) is 9.63 Å². The molecule has 0 radical (unpaired) electrons. The summed E-state index contributed by atoms with van der Waals surface area (Å²) in [7, 11) is 1.40. The third kappa shape index (κ3) is 5.09. The molecule has 0 unspecified atom stereocenters. The highest BCUT2D eigenvalue weighted by atomic mass is 16.7. The summed E-state index contributed by atoms with van der Waals surface area (Å²) in [4.78, 5) is 25.9. The fourth-order valence-electron chi connectivity index (χ4n) is 4.54. The number of rotatable bonds is 7. The van der Waals surface area contributed by atoms with Gasteiger partial charge in [-0.2, -0.15) is 10.3 Å². The fourth-order valence-corrected chi connectivity index (χ4v) is 4.54.